The minimum atomic E-state index is 0. The summed E-state index contributed by atoms with van der Waals surface area (Å²) < 4.78 is 0. The van der Waals surface area contributed by atoms with Gasteiger partial charge < -0.3 is 0 Å². The smallest absolute Gasteiger partial charge is 0.0249 e. The number of hydrogen-bond donors (Lipinski definition) is 0. The third kappa shape index (κ3) is 3.95. The second kappa shape index (κ2) is 6.75. The van der Waals surface area contributed by atoms with Crippen molar-refractivity contribution < 1.29 is 21.1 Å². The number of terminal acetylenes is 1. The Morgan fingerprint density at radius 3 is 1.65 bits per heavy atom. The van der Waals surface area contributed by atoms with Crippen LogP contribution in [-0.2, 0) is 21.1 Å². The molecule has 2 aromatic carbocycles. The van der Waals surface area contributed by atoms with Crippen LogP contribution in [-0.4, -0.2) is 0 Å². The van der Waals surface area contributed by atoms with Crippen LogP contribution in [0.3, 0.4) is 0 Å². The van der Waals surface area contributed by atoms with Crippen molar-refractivity contribution in [1.29, 1.82) is 0 Å². The first-order chi connectivity index (χ1) is 7.88. The molecule has 0 N–H and O–H groups in total. The van der Waals surface area contributed by atoms with Crippen LogP contribution in [0.5, 0.6) is 0 Å². The summed E-state index contributed by atoms with van der Waals surface area (Å²) in [5, 5.41) is 0. The normalized spacial score (nSPS) is 8.18. The van der Waals surface area contributed by atoms with Crippen LogP contribution in [0.2, 0.25) is 0 Å². The van der Waals surface area contributed by atoms with Crippen LogP contribution >= 0.6 is 0 Å². The Morgan fingerprint density at radius 2 is 1.12 bits per heavy atom. The predicted molar refractivity (Wildman–Crippen MR) is 66.8 cm³/mol. The van der Waals surface area contributed by atoms with Crippen molar-refractivity contribution in [2.75, 3.05) is 0 Å². The van der Waals surface area contributed by atoms with Crippen molar-refractivity contribution in [2.24, 2.45) is 0 Å². The van der Waals surface area contributed by atoms with Gasteiger partial charge in [-0.2, -0.15) is 0 Å². The minimum absolute atomic E-state index is 0. The fourth-order valence-electron chi connectivity index (χ4n) is 1.32. The Bertz CT molecular complexity index is 563. The van der Waals surface area contributed by atoms with Crippen LogP contribution in [0, 0.1) is 24.2 Å². The summed E-state index contributed by atoms with van der Waals surface area (Å²) in [7, 11) is 0. The molecule has 0 spiro atoms. The Morgan fingerprint density at radius 1 is 0.647 bits per heavy atom. The van der Waals surface area contributed by atoms with Gasteiger partial charge in [0.1, 0.15) is 0 Å². The van der Waals surface area contributed by atoms with Gasteiger partial charge in [-0.15, -0.1) is 6.42 Å². The Hall–Kier alpha value is -1.75. The van der Waals surface area contributed by atoms with Gasteiger partial charge >= 0.3 is 0 Å². The van der Waals surface area contributed by atoms with E-state index >= 15 is 0 Å². The molecule has 0 saturated carbocycles. The van der Waals surface area contributed by atoms with Crippen LogP contribution in [0.25, 0.3) is 0 Å². The topological polar surface area (TPSA) is 0 Å². The fraction of sp³-hybridized carbons (Fsp3) is 0. The second-order valence-electron chi connectivity index (χ2n) is 3.34. The number of hydrogen-bond acceptors (Lipinski definition) is 0. The molecule has 0 amide bonds. The average molecular weight is 397 g/mol. The first-order valence-corrected chi connectivity index (χ1v) is 5.02. The van der Waals surface area contributed by atoms with Crippen LogP contribution < -0.4 is 0 Å². The molecule has 0 aromatic heterocycles. The first kappa shape index (κ1) is 13.3. The van der Waals surface area contributed by atoms with E-state index in [1.165, 1.54) is 0 Å². The molecule has 2 rings (SSSR count). The van der Waals surface area contributed by atoms with Crippen molar-refractivity contribution in [3.05, 3.63) is 71.3 Å². The van der Waals surface area contributed by atoms with E-state index in [1.807, 2.05) is 54.6 Å². The summed E-state index contributed by atoms with van der Waals surface area (Å²) in [5.41, 5.74) is 2.87. The number of rotatable bonds is 0. The molecule has 0 saturated heterocycles. The summed E-state index contributed by atoms with van der Waals surface area (Å²) in [5.74, 6) is 8.77. The van der Waals surface area contributed by atoms with E-state index in [0.717, 1.165) is 16.7 Å². The van der Waals surface area contributed by atoms with Gasteiger partial charge in [0.2, 0.25) is 0 Å². The molecule has 1 heteroatoms. The molecule has 0 bridgehead atoms. The van der Waals surface area contributed by atoms with Gasteiger partial charge in [0.05, 0.1) is 0 Å². The van der Waals surface area contributed by atoms with E-state index in [1.54, 1.807) is 0 Å². The number of benzene rings is 2. The quantitative estimate of drug-likeness (QED) is 0.600. The first-order valence-electron chi connectivity index (χ1n) is 5.02. The van der Waals surface area contributed by atoms with Crippen LogP contribution in [0.4, 0.5) is 0 Å². The molecule has 0 fully saturated rings. The molecule has 17 heavy (non-hydrogen) atoms. The minimum Gasteiger partial charge on any atom is -0.115 e. The van der Waals surface area contributed by atoms with Gasteiger partial charge in [0.15, 0.2) is 0 Å². The largest absolute Gasteiger partial charge is 0.115 e. The summed E-state index contributed by atoms with van der Waals surface area (Å²) in [6, 6.07) is 17.6. The van der Waals surface area contributed by atoms with Crippen molar-refractivity contribution in [3.63, 3.8) is 0 Å². The molecule has 0 radical (unpaired) electrons. The van der Waals surface area contributed by atoms with E-state index in [4.69, 9.17) is 6.42 Å². The SMILES string of the molecule is C#Cc1ccc(C#Cc2ccccc2)cc1.[Pt]. The molecule has 0 aliphatic carbocycles. The molecule has 0 nitrogen and oxygen atoms in total. The van der Waals surface area contributed by atoms with Gasteiger partial charge in [-0.05, 0) is 36.4 Å². The molecule has 0 aliphatic rings. The maximum atomic E-state index is 5.28. The van der Waals surface area contributed by atoms with Crippen molar-refractivity contribution in [2.45, 2.75) is 0 Å². The third-order valence-electron chi connectivity index (χ3n) is 2.18. The summed E-state index contributed by atoms with van der Waals surface area (Å²) in [6.45, 7) is 0. The molecule has 0 aliphatic heterocycles. The Balaban J connectivity index is 0.00000144. The zero-order valence-electron chi connectivity index (χ0n) is 9.09. The average Bonchev–Trinajstić information content (AvgIpc) is 2.38. The van der Waals surface area contributed by atoms with Gasteiger partial charge in [0.25, 0.3) is 0 Å². The third-order valence-corrected chi connectivity index (χ3v) is 2.18. The summed E-state index contributed by atoms with van der Waals surface area (Å²) in [4.78, 5) is 0. The Kier molecular flexibility index (Phi) is 5.29. The molecule has 0 heterocycles. The van der Waals surface area contributed by atoms with Crippen LogP contribution in [0.15, 0.2) is 54.6 Å². The molecule has 0 atom stereocenters. The van der Waals surface area contributed by atoms with Gasteiger partial charge in [0, 0.05) is 37.8 Å². The van der Waals surface area contributed by atoms with Gasteiger partial charge in [-0.3, -0.25) is 0 Å². The zero-order chi connectivity index (χ0) is 11.2. The summed E-state index contributed by atoms with van der Waals surface area (Å²) >= 11 is 0. The van der Waals surface area contributed by atoms with Crippen LogP contribution in [0.1, 0.15) is 16.7 Å². The summed E-state index contributed by atoms with van der Waals surface area (Å²) in [6.07, 6.45) is 5.28. The van der Waals surface area contributed by atoms with Gasteiger partial charge in [-0.1, -0.05) is 36.0 Å². The molecule has 0 unspecified atom stereocenters. The second-order valence-corrected chi connectivity index (χ2v) is 3.34. The van der Waals surface area contributed by atoms with Gasteiger partial charge in [-0.25, -0.2) is 0 Å². The fourth-order valence-corrected chi connectivity index (χ4v) is 1.32. The van der Waals surface area contributed by atoms with E-state index in [2.05, 4.69) is 17.8 Å². The monoisotopic (exact) mass is 397 g/mol. The van der Waals surface area contributed by atoms with E-state index in [9.17, 15) is 0 Å². The maximum Gasteiger partial charge on any atom is 0.0249 e. The Labute approximate surface area is 116 Å². The molecule has 84 valence electrons. The van der Waals surface area contributed by atoms with Crippen molar-refractivity contribution in [3.8, 4) is 24.2 Å². The zero-order valence-corrected chi connectivity index (χ0v) is 11.4. The molecule has 2 aromatic rings. The predicted octanol–water partition coefficient (Wildman–Crippen LogP) is 3.07. The molecular formula is C16H10Pt. The van der Waals surface area contributed by atoms with Crippen molar-refractivity contribution >= 4 is 0 Å². The molecular weight excluding hydrogens is 387 g/mol. The van der Waals surface area contributed by atoms with E-state index in [-0.39, 0.29) is 21.1 Å². The van der Waals surface area contributed by atoms with E-state index in [0.29, 0.717) is 0 Å². The van der Waals surface area contributed by atoms with Crippen molar-refractivity contribution in [1.82, 2.24) is 0 Å². The maximum absolute atomic E-state index is 5.28. The van der Waals surface area contributed by atoms with E-state index < -0.39 is 0 Å². The standard InChI is InChI=1S/C16H10.Pt/c1-2-14-8-10-16(11-9-14)13-12-15-6-4-3-5-7-15;/h1,3-11H;.